The fraction of sp³-hybridized carbons (Fsp3) is 0.400. The number of β-amino-alcohol motifs (C(OH)–C–C–N with tert-alkyl or cyclic N) is 1. The van der Waals surface area contributed by atoms with Crippen LogP contribution in [0.4, 0.5) is 4.79 Å². The molecule has 2 amide bonds. The number of rotatable bonds is 6. The number of alkyl carbamates (subject to hydrolysis) is 1. The summed E-state index contributed by atoms with van der Waals surface area (Å²) in [5, 5.41) is 21.8. The van der Waals surface area contributed by atoms with E-state index in [-0.39, 0.29) is 43.2 Å². The molecule has 0 aromatic heterocycles. The van der Waals surface area contributed by atoms with Crippen molar-refractivity contribution in [1.82, 2.24) is 10.2 Å². The van der Waals surface area contributed by atoms with Gasteiger partial charge in [-0.1, -0.05) is 48.5 Å². The summed E-state index contributed by atoms with van der Waals surface area (Å²) < 4.78 is 5.52. The van der Waals surface area contributed by atoms with Gasteiger partial charge in [0.25, 0.3) is 0 Å². The van der Waals surface area contributed by atoms with Gasteiger partial charge in [-0.3, -0.25) is 4.79 Å². The van der Waals surface area contributed by atoms with Gasteiger partial charge in [0.05, 0.1) is 6.10 Å². The van der Waals surface area contributed by atoms with Crippen molar-refractivity contribution in [2.45, 2.75) is 30.9 Å². The third-order valence-electron chi connectivity index (χ3n) is 6.94. The number of nitrogens with one attached hydrogen (secondary N) is 1. The van der Waals surface area contributed by atoms with Crippen molar-refractivity contribution >= 4 is 18.0 Å². The zero-order chi connectivity index (χ0) is 23.1. The smallest absolute Gasteiger partial charge is 0.407 e. The SMILES string of the molecule is O=C(NC[C@@H]1C[C@@H]1C(=O)N1C[C@H](O)C[C@@H]1C(=O)O)OCC1c2ccccc2-c2ccccc21. The van der Waals surface area contributed by atoms with E-state index in [0.717, 1.165) is 22.3 Å². The van der Waals surface area contributed by atoms with Crippen LogP contribution in [0, 0.1) is 11.8 Å². The lowest BCUT2D eigenvalue weighted by atomic mass is 9.98. The Kier molecular flexibility index (Phi) is 5.54. The van der Waals surface area contributed by atoms with Crippen molar-refractivity contribution in [3.63, 3.8) is 0 Å². The first-order valence-electron chi connectivity index (χ1n) is 11.2. The summed E-state index contributed by atoms with van der Waals surface area (Å²) in [6.07, 6.45) is -0.709. The third-order valence-corrected chi connectivity index (χ3v) is 6.94. The topological polar surface area (TPSA) is 116 Å². The highest BCUT2D eigenvalue weighted by Gasteiger charge is 2.49. The van der Waals surface area contributed by atoms with Gasteiger partial charge in [0.15, 0.2) is 0 Å². The summed E-state index contributed by atoms with van der Waals surface area (Å²) >= 11 is 0. The Morgan fingerprint density at radius 3 is 2.27 bits per heavy atom. The van der Waals surface area contributed by atoms with E-state index >= 15 is 0 Å². The molecule has 1 aliphatic heterocycles. The molecule has 0 unspecified atom stereocenters. The Bertz CT molecular complexity index is 1060. The molecule has 8 heteroatoms. The molecule has 5 rings (SSSR count). The summed E-state index contributed by atoms with van der Waals surface area (Å²) in [6.45, 7) is 0.554. The molecule has 172 valence electrons. The molecule has 0 bridgehead atoms. The van der Waals surface area contributed by atoms with Crippen LogP contribution < -0.4 is 5.32 Å². The van der Waals surface area contributed by atoms with E-state index in [1.807, 2.05) is 24.3 Å². The first-order valence-corrected chi connectivity index (χ1v) is 11.2. The molecule has 4 atom stereocenters. The highest BCUT2D eigenvalue weighted by molar-refractivity contribution is 5.87. The Hall–Kier alpha value is -3.39. The molecule has 2 aromatic carbocycles. The number of ether oxygens (including phenoxy) is 1. The maximum Gasteiger partial charge on any atom is 0.407 e. The van der Waals surface area contributed by atoms with Crippen LogP contribution in [0.3, 0.4) is 0 Å². The largest absolute Gasteiger partial charge is 0.480 e. The van der Waals surface area contributed by atoms with E-state index in [1.54, 1.807) is 0 Å². The second kappa shape index (κ2) is 8.51. The van der Waals surface area contributed by atoms with Gasteiger partial charge in [-0.25, -0.2) is 9.59 Å². The van der Waals surface area contributed by atoms with E-state index in [1.165, 1.54) is 4.90 Å². The highest BCUT2D eigenvalue weighted by Crippen LogP contribution is 2.44. The fourth-order valence-electron chi connectivity index (χ4n) is 5.14. The van der Waals surface area contributed by atoms with E-state index < -0.39 is 24.2 Å². The van der Waals surface area contributed by atoms with Crippen LogP contribution in [0.5, 0.6) is 0 Å². The monoisotopic (exact) mass is 450 g/mol. The standard InChI is InChI=1S/C25H26N2O6/c28-15-10-22(24(30)31)27(12-15)23(29)20-9-14(20)11-26-25(32)33-13-21-18-7-3-1-5-16(18)17-6-2-4-8-19(17)21/h1-8,14-15,20-22,28H,9-13H2,(H,26,32)(H,30,31)/t14-,15+,20-,22+/m0/s1. The molecule has 2 aliphatic carbocycles. The van der Waals surface area contributed by atoms with E-state index in [0.29, 0.717) is 13.0 Å². The average Bonchev–Trinajstić information content (AvgIpc) is 3.38. The molecular weight excluding hydrogens is 424 g/mol. The fourth-order valence-corrected chi connectivity index (χ4v) is 5.14. The van der Waals surface area contributed by atoms with Gasteiger partial charge >= 0.3 is 12.1 Å². The van der Waals surface area contributed by atoms with Crippen molar-refractivity contribution in [1.29, 1.82) is 0 Å². The van der Waals surface area contributed by atoms with Gasteiger partial charge in [-0.15, -0.1) is 0 Å². The number of amides is 2. The van der Waals surface area contributed by atoms with Crippen LogP contribution in [0.1, 0.15) is 29.9 Å². The number of aliphatic carboxylic acids is 1. The molecule has 0 radical (unpaired) electrons. The first-order chi connectivity index (χ1) is 15.9. The van der Waals surface area contributed by atoms with Crippen LogP contribution in [0.2, 0.25) is 0 Å². The summed E-state index contributed by atoms with van der Waals surface area (Å²) in [6, 6.07) is 15.2. The molecular formula is C25H26N2O6. The van der Waals surface area contributed by atoms with Crippen LogP contribution >= 0.6 is 0 Å². The molecule has 2 aromatic rings. The summed E-state index contributed by atoms with van der Waals surface area (Å²) in [7, 11) is 0. The number of benzene rings is 2. The highest BCUT2D eigenvalue weighted by atomic mass is 16.5. The van der Waals surface area contributed by atoms with Crippen molar-refractivity contribution in [2.75, 3.05) is 19.7 Å². The molecule has 3 N–H and O–H groups in total. The van der Waals surface area contributed by atoms with Crippen molar-refractivity contribution in [2.24, 2.45) is 11.8 Å². The van der Waals surface area contributed by atoms with Crippen LogP contribution in [-0.2, 0) is 14.3 Å². The molecule has 2 fully saturated rings. The molecule has 1 saturated carbocycles. The minimum atomic E-state index is -1.10. The van der Waals surface area contributed by atoms with Crippen LogP contribution in [-0.4, -0.2) is 64.9 Å². The normalized spacial score (nSPS) is 25.3. The number of hydrogen-bond donors (Lipinski definition) is 3. The van der Waals surface area contributed by atoms with Gasteiger partial charge in [-0.05, 0) is 34.6 Å². The Morgan fingerprint density at radius 1 is 1.00 bits per heavy atom. The minimum absolute atomic E-state index is 0.0204. The zero-order valence-electron chi connectivity index (χ0n) is 18.0. The Labute approximate surface area is 191 Å². The summed E-state index contributed by atoms with van der Waals surface area (Å²) in [4.78, 5) is 37.6. The number of aliphatic hydroxyl groups is 1. The Balaban J connectivity index is 1.12. The second-order valence-corrected chi connectivity index (χ2v) is 9.04. The predicted molar refractivity (Wildman–Crippen MR) is 118 cm³/mol. The quantitative estimate of drug-likeness (QED) is 0.621. The number of hydrogen-bond acceptors (Lipinski definition) is 5. The first kappa shape index (κ1) is 21.5. The molecule has 1 heterocycles. The Morgan fingerprint density at radius 2 is 1.64 bits per heavy atom. The number of likely N-dealkylation sites (tertiary alicyclic amines) is 1. The summed E-state index contributed by atoms with van der Waals surface area (Å²) in [5.74, 6) is -1.77. The molecule has 1 saturated heterocycles. The molecule has 3 aliphatic rings. The van der Waals surface area contributed by atoms with Gasteiger partial charge in [0.2, 0.25) is 5.91 Å². The number of carboxylic acids is 1. The van der Waals surface area contributed by atoms with Crippen molar-refractivity contribution in [3.05, 3.63) is 59.7 Å². The third kappa shape index (κ3) is 4.06. The summed E-state index contributed by atoms with van der Waals surface area (Å²) in [5.41, 5.74) is 4.60. The number of carbonyl (C=O) groups excluding carboxylic acids is 2. The van der Waals surface area contributed by atoms with Crippen LogP contribution in [0.25, 0.3) is 11.1 Å². The molecule has 0 spiro atoms. The lowest BCUT2D eigenvalue weighted by molar-refractivity contribution is -0.148. The van der Waals surface area contributed by atoms with E-state index in [4.69, 9.17) is 4.74 Å². The number of carboxylic acid groups (broad SMARTS) is 1. The van der Waals surface area contributed by atoms with Gasteiger partial charge < -0.3 is 25.2 Å². The van der Waals surface area contributed by atoms with Gasteiger partial charge in [0.1, 0.15) is 12.6 Å². The molecule has 33 heavy (non-hydrogen) atoms. The lowest BCUT2D eigenvalue weighted by Gasteiger charge is -2.21. The van der Waals surface area contributed by atoms with E-state index in [2.05, 4.69) is 29.6 Å². The number of nitrogens with zero attached hydrogens (tertiary/aromatic N) is 1. The van der Waals surface area contributed by atoms with Gasteiger partial charge in [-0.2, -0.15) is 0 Å². The number of aliphatic hydroxyl groups excluding tert-OH is 1. The maximum absolute atomic E-state index is 12.7. The minimum Gasteiger partial charge on any atom is -0.480 e. The van der Waals surface area contributed by atoms with Gasteiger partial charge in [0, 0.05) is 31.3 Å². The maximum atomic E-state index is 12.7. The number of carbonyl (C=O) groups is 3. The van der Waals surface area contributed by atoms with Crippen LogP contribution in [0.15, 0.2) is 48.5 Å². The predicted octanol–water partition coefficient (Wildman–Crippen LogP) is 2.21. The van der Waals surface area contributed by atoms with E-state index in [9.17, 15) is 24.6 Å². The molecule has 8 nitrogen and oxygen atoms in total. The lowest BCUT2D eigenvalue weighted by Crippen LogP contribution is -2.42. The zero-order valence-corrected chi connectivity index (χ0v) is 18.0. The number of fused-ring (bicyclic) bond motifs is 3. The average molecular weight is 450 g/mol. The van der Waals surface area contributed by atoms with Crippen molar-refractivity contribution < 1.29 is 29.3 Å². The van der Waals surface area contributed by atoms with Crippen molar-refractivity contribution in [3.8, 4) is 11.1 Å². The second-order valence-electron chi connectivity index (χ2n) is 9.04.